The molecule has 7 heteroatoms. The highest BCUT2D eigenvalue weighted by atomic mass is 32.1. The van der Waals surface area contributed by atoms with E-state index in [1.165, 1.54) is 4.57 Å². The van der Waals surface area contributed by atoms with Crippen LogP contribution in [0.4, 0.5) is 0 Å². The number of thiazole rings is 1. The lowest BCUT2D eigenvalue weighted by molar-refractivity contribution is -0.151. The molecule has 1 aliphatic heterocycles. The highest BCUT2D eigenvalue weighted by molar-refractivity contribution is 7.07. The van der Waals surface area contributed by atoms with Crippen molar-refractivity contribution < 1.29 is 14.3 Å². The van der Waals surface area contributed by atoms with Crippen molar-refractivity contribution in [1.82, 2.24) is 9.47 Å². The molecule has 2 rings (SSSR count). The summed E-state index contributed by atoms with van der Waals surface area (Å²) in [5.41, 5.74) is 0.789. The zero-order valence-corrected chi connectivity index (χ0v) is 13.1. The Morgan fingerprint density at radius 1 is 1.48 bits per heavy atom. The lowest BCUT2D eigenvalue weighted by Crippen LogP contribution is -2.44. The number of ether oxygens (including phenoxy) is 1. The summed E-state index contributed by atoms with van der Waals surface area (Å²) in [6.07, 6.45) is 1.53. The van der Waals surface area contributed by atoms with Crippen molar-refractivity contribution in [3.8, 4) is 0 Å². The van der Waals surface area contributed by atoms with Gasteiger partial charge in [0.05, 0.1) is 12.5 Å². The van der Waals surface area contributed by atoms with E-state index in [-0.39, 0.29) is 29.2 Å². The number of hydrogen-bond donors (Lipinski definition) is 0. The van der Waals surface area contributed by atoms with Crippen LogP contribution in [-0.2, 0) is 20.9 Å². The molecule has 1 aliphatic rings. The normalized spacial score (nSPS) is 18.6. The molecule has 1 saturated heterocycles. The van der Waals surface area contributed by atoms with Crippen LogP contribution in [-0.4, -0.2) is 41.0 Å². The van der Waals surface area contributed by atoms with Gasteiger partial charge in [-0.1, -0.05) is 11.3 Å². The lowest BCUT2D eigenvalue weighted by Gasteiger charge is -2.31. The lowest BCUT2D eigenvalue weighted by atomic mass is 9.98. The van der Waals surface area contributed by atoms with E-state index >= 15 is 0 Å². The molecule has 1 atom stereocenters. The van der Waals surface area contributed by atoms with E-state index in [1.807, 2.05) is 6.92 Å². The first-order chi connectivity index (χ1) is 10.0. The number of piperidine rings is 1. The molecule has 2 heterocycles. The topological polar surface area (TPSA) is 68.6 Å². The largest absolute Gasteiger partial charge is 0.466 e. The molecule has 116 valence electrons. The molecule has 0 aliphatic carbocycles. The van der Waals surface area contributed by atoms with Gasteiger partial charge in [-0.3, -0.25) is 19.0 Å². The molecule has 21 heavy (non-hydrogen) atoms. The van der Waals surface area contributed by atoms with E-state index in [4.69, 9.17) is 4.74 Å². The molecule has 0 unspecified atom stereocenters. The minimum absolute atomic E-state index is 0.0453. The van der Waals surface area contributed by atoms with Crippen LogP contribution in [0.25, 0.3) is 0 Å². The van der Waals surface area contributed by atoms with Crippen LogP contribution >= 0.6 is 11.3 Å². The van der Waals surface area contributed by atoms with Gasteiger partial charge in [0.25, 0.3) is 0 Å². The van der Waals surface area contributed by atoms with E-state index in [0.29, 0.717) is 19.7 Å². The van der Waals surface area contributed by atoms with Gasteiger partial charge in [-0.05, 0) is 26.7 Å². The summed E-state index contributed by atoms with van der Waals surface area (Å²) in [6.45, 7) is 5.00. The van der Waals surface area contributed by atoms with Crippen molar-refractivity contribution in [2.24, 2.45) is 5.92 Å². The molecule has 1 aromatic heterocycles. The van der Waals surface area contributed by atoms with Crippen molar-refractivity contribution in [3.05, 3.63) is 20.7 Å². The van der Waals surface area contributed by atoms with Crippen LogP contribution in [0.3, 0.4) is 0 Å². The maximum absolute atomic E-state index is 12.3. The average Bonchev–Trinajstić information content (AvgIpc) is 2.79. The summed E-state index contributed by atoms with van der Waals surface area (Å²) < 4.78 is 6.50. The zero-order chi connectivity index (χ0) is 15.4. The minimum Gasteiger partial charge on any atom is -0.466 e. The Bertz CT molecular complexity index is 578. The van der Waals surface area contributed by atoms with Gasteiger partial charge in [0.15, 0.2) is 0 Å². The fraction of sp³-hybridized carbons (Fsp3) is 0.643. The van der Waals surface area contributed by atoms with Gasteiger partial charge in [-0.15, -0.1) is 0 Å². The van der Waals surface area contributed by atoms with Gasteiger partial charge in [-0.2, -0.15) is 0 Å². The number of carbonyl (C=O) groups is 2. The second-order valence-corrected chi connectivity index (χ2v) is 5.98. The molecule has 0 bridgehead atoms. The van der Waals surface area contributed by atoms with E-state index in [1.54, 1.807) is 17.2 Å². The molecular weight excluding hydrogens is 292 g/mol. The van der Waals surface area contributed by atoms with Gasteiger partial charge >= 0.3 is 10.8 Å². The number of aromatic nitrogens is 1. The first kappa shape index (κ1) is 15.8. The number of carbonyl (C=O) groups excluding carboxylic acids is 2. The molecule has 1 fully saturated rings. The van der Waals surface area contributed by atoms with Crippen LogP contribution in [0.15, 0.2) is 10.2 Å². The SMILES string of the molecule is CCOC(=O)[C@@H]1CCCN(C(=O)Cn2c(C)csc2=O)C1. The number of rotatable bonds is 4. The van der Waals surface area contributed by atoms with Crippen LogP contribution in [0.1, 0.15) is 25.5 Å². The van der Waals surface area contributed by atoms with Crippen molar-refractivity contribution in [1.29, 1.82) is 0 Å². The number of nitrogens with zero attached hydrogens (tertiary/aromatic N) is 2. The third kappa shape index (κ3) is 3.72. The Morgan fingerprint density at radius 3 is 2.86 bits per heavy atom. The van der Waals surface area contributed by atoms with E-state index < -0.39 is 0 Å². The Labute approximate surface area is 127 Å². The summed E-state index contributed by atoms with van der Waals surface area (Å²) in [5, 5.41) is 1.74. The number of esters is 1. The summed E-state index contributed by atoms with van der Waals surface area (Å²) >= 11 is 1.09. The highest BCUT2D eigenvalue weighted by Crippen LogP contribution is 2.18. The molecule has 0 N–H and O–H groups in total. The minimum atomic E-state index is -0.247. The number of likely N-dealkylation sites (tertiary alicyclic amines) is 1. The molecule has 0 aromatic carbocycles. The van der Waals surface area contributed by atoms with Crippen LogP contribution in [0.2, 0.25) is 0 Å². The molecular formula is C14H20N2O4S. The molecule has 0 saturated carbocycles. The average molecular weight is 312 g/mol. The van der Waals surface area contributed by atoms with Crippen molar-refractivity contribution in [2.45, 2.75) is 33.2 Å². The van der Waals surface area contributed by atoms with Crippen molar-refractivity contribution in [3.63, 3.8) is 0 Å². The molecule has 1 amide bonds. The molecule has 1 aromatic rings. The fourth-order valence-electron chi connectivity index (χ4n) is 2.49. The maximum Gasteiger partial charge on any atom is 0.310 e. The Kier molecular flexibility index (Phi) is 5.17. The monoisotopic (exact) mass is 312 g/mol. The summed E-state index contributed by atoms with van der Waals surface area (Å²) in [5.74, 6) is -0.602. The summed E-state index contributed by atoms with van der Waals surface area (Å²) in [4.78, 5) is 37.3. The second-order valence-electron chi connectivity index (χ2n) is 5.16. The number of aryl methyl sites for hydroxylation is 1. The van der Waals surface area contributed by atoms with Gasteiger partial charge in [0.1, 0.15) is 6.54 Å². The quantitative estimate of drug-likeness (QED) is 0.779. The molecule has 6 nitrogen and oxygen atoms in total. The molecule has 0 radical (unpaired) electrons. The summed E-state index contributed by atoms with van der Waals surface area (Å²) in [6, 6.07) is 0. The maximum atomic E-state index is 12.3. The van der Waals surface area contributed by atoms with Gasteiger partial charge < -0.3 is 9.64 Å². The number of hydrogen-bond acceptors (Lipinski definition) is 5. The van der Waals surface area contributed by atoms with Gasteiger partial charge in [-0.25, -0.2) is 0 Å². The predicted octanol–water partition coefficient (Wildman–Crippen LogP) is 1.02. The van der Waals surface area contributed by atoms with E-state index in [9.17, 15) is 14.4 Å². The first-order valence-corrected chi connectivity index (χ1v) is 8.00. The first-order valence-electron chi connectivity index (χ1n) is 7.12. The Balaban J connectivity index is 1.99. The third-order valence-corrected chi connectivity index (χ3v) is 4.54. The van der Waals surface area contributed by atoms with Crippen LogP contribution in [0.5, 0.6) is 0 Å². The van der Waals surface area contributed by atoms with Crippen molar-refractivity contribution >= 4 is 23.2 Å². The third-order valence-electron chi connectivity index (χ3n) is 3.66. The fourth-order valence-corrected chi connectivity index (χ4v) is 3.22. The Morgan fingerprint density at radius 2 is 2.24 bits per heavy atom. The van der Waals surface area contributed by atoms with Gasteiger partial charge in [0, 0.05) is 24.2 Å². The predicted molar refractivity (Wildman–Crippen MR) is 79.3 cm³/mol. The smallest absolute Gasteiger partial charge is 0.310 e. The summed E-state index contributed by atoms with van der Waals surface area (Å²) in [7, 11) is 0. The zero-order valence-electron chi connectivity index (χ0n) is 12.3. The standard InChI is InChI=1S/C14H20N2O4S/c1-3-20-13(18)11-5-4-6-15(7-11)12(17)8-16-10(2)9-21-14(16)19/h9,11H,3-8H2,1-2H3/t11-/m1/s1. The van der Waals surface area contributed by atoms with Crippen LogP contribution < -0.4 is 4.87 Å². The van der Waals surface area contributed by atoms with Gasteiger partial charge in [0.2, 0.25) is 5.91 Å². The number of amides is 1. The van der Waals surface area contributed by atoms with Crippen LogP contribution in [0, 0.1) is 12.8 Å². The Hall–Kier alpha value is -1.63. The highest BCUT2D eigenvalue weighted by Gasteiger charge is 2.29. The van der Waals surface area contributed by atoms with E-state index in [2.05, 4.69) is 0 Å². The second kappa shape index (κ2) is 6.89. The molecule has 0 spiro atoms. The van der Waals surface area contributed by atoms with Crippen molar-refractivity contribution in [2.75, 3.05) is 19.7 Å². The van der Waals surface area contributed by atoms with E-state index in [0.717, 1.165) is 29.9 Å².